The second-order valence-corrected chi connectivity index (χ2v) is 6.37. The molecule has 1 unspecified atom stereocenters. The summed E-state index contributed by atoms with van der Waals surface area (Å²) >= 11 is 0. The van der Waals surface area contributed by atoms with Crippen molar-refractivity contribution in [3.8, 4) is 0 Å². The maximum Gasteiger partial charge on any atom is 0.305 e. The van der Waals surface area contributed by atoms with Gasteiger partial charge in [-0.1, -0.05) is 0 Å². The van der Waals surface area contributed by atoms with E-state index in [1.54, 1.807) is 13.8 Å². The molecule has 0 aliphatic carbocycles. The number of sulfonamides is 1. The van der Waals surface area contributed by atoms with E-state index < -0.39 is 22.0 Å². The summed E-state index contributed by atoms with van der Waals surface area (Å²) < 4.78 is 30.0. The summed E-state index contributed by atoms with van der Waals surface area (Å²) in [7, 11) is -2.34. The number of carbonyl (C=O) groups is 2. The summed E-state index contributed by atoms with van der Waals surface area (Å²) in [5, 5.41) is 2.61. The minimum Gasteiger partial charge on any atom is -0.469 e. The number of ether oxygens (including phenoxy) is 1. The lowest BCUT2D eigenvalue weighted by atomic mass is 10.3. The highest BCUT2D eigenvalue weighted by Crippen LogP contribution is 1.98. The third kappa shape index (κ3) is 8.55. The van der Waals surface area contributed by atoms with Gasteiger partial charge in [0.1, 0.15) is 0 Å². The number of hydrogen-bond acceptors (Lipinski definition) is 5. The van der Waals surface area contributed by atoms with Crippen LogP contribution >= 0.6 is 0 Å². The Morgan fingerprint density at radius 3 is 2.26 bits per heavy atom. The number of amides is 1. The van der Waals surface area contributed by atoms with Gasteiger partial charge in [-0.25, -0.2) is 13.1 Å². The first-order chi connectivity index (χ1) is 8.68. The van der Waals surface area contributed by atoms with Gasteiger partial charge in [0, 0.05) is 12.5 Å². The third-order valence-corrected chi connectivity index (χ3v) is 3.74. The van der Waals surface area contributed by atoms with Crippen molar-refractivity contribution < 1.29 is 22.7 Å². The van der Waals surface area contributed by atoms with Crippen LogP contribution in [0.2, 0.25) is 0 Å². The molecule has 19 heavy (non-hydrogen) atoms. The zero-order chi connectivity index (χ0) is 15.1. The van der Waals surface area contributed by atoms with Crippen molar-refractivity contribution in [3.63, 3.8) is 0 Å². The summed E-state index contributed by atoms with van der Waals surface area (Å²) in [6.07, 6.45) is 0.185. The van der Waals surface area contributed by atoms with Gasteiger partial charge in [0.2, 0.25) is 15.9 Å². The predicted octanol–water partition coefficient (Wildman–Crippen LogP) is -0.228. The summed E-state index contributed by atoms with van der Waals surface area (Å²) in [5.74, 6) is -1.06. The maximum atomic E-state index is 11.7. The molecule has 8 heteroatoms. The Labute approximate surface area is 114 Å². The molecule has 0 saturated heterocycles. The zero-order valence-electron chi connectivity index (χ0n) is 11.7. The van der Waals surface area contributed by atoms with Crippen LogP contribution in [-0.4, -0.2) is 45.2 Å². The van der Waals surface area contributed by atoms with Crippen molar-refractivity contribution in [2.45, 2.75) is 45.7 Å². The van der Waals surface area contributed by atoms with Crippen LogP contribution in [-0.2, 0) is 24.3 Å². The molecule has 0 fully saturated rings. The van der Waals surface area contributed by atoms with Crippen LogP contribution in [0.5, 0.6) is 0 Å². The monoisotopic (exact) mass is 294 g/mol. The molecule has 7 nitrogen and oxygen atoms in total. The van der Waals surface area contributed by atoms with Crippen LogP contribution in [0.15, 0.2) is 0 Å². The Morgan fingerprint density at radius 1 is 1.21 bits per heavy atom. The van der Waals surface area contributed by atoms with Gasteiger partial charge in [-0.2, -0.15) is 0 Å². The van der Waals surface area contributed by atoms with E-state index in [9.17, 15) is 18.0 Å². The fourth-order valence-corrected chi connectivity index (χ4v) is 2.59. The fourth-order valence-electron chi connectivity index (χ4n) is 1.30. The zero-order valence-corrected chi connectivity index (χ0v) is 12.5. The molecule has 0 heterocycles. The van der Waals surface area contributed by atoms with Crippen molar-refractivity contribution in [3.05, 3.63) is 0 Å². The van der Waals surface area contributed by atoms with Crippen LogP contribution in [0.4, 0.5) is 0 Å². The fraction of sp³-hybridized carbons (Fsp3) is 0.818. The summed E-state index contributed by atoms with van der Waals surface area (Å²) in [6, 6.07) is -0.899. The van der Waals surface area contributed by atoms with E-state index in [1.165, 1.54) is 14.0 Å². The first-order valence-corrected chi connectivity index (χ1v) is 7.70. The molecule has 0 rings (SSSR count). The maximum absolute atomic E-state index is 11.7. The van der Waals surface area contributed by atoms with E-state index in [2.05, 4.69) is 14.8 Å². The normalized spacial score (nSPS) is 13.1. The summed E-state index contributed by atoms with van der Waals surface area (Å²) in [6.45, 7) is 5.04. The largest absolute Gasteiger partial charge is 0.469 e. The van der Waals surface area contributed by atoms with Gasteiger partial charge < -0.3 is 10.1 Å². The van der Waals surface area contributed by atoms with Gasteiger partial charge in [-0.3, -0.25) is 9.59 Å². The Hall–Kier alpha value is -1.15. The van der Waals surface area contributed by atoms with E-state index in [0.29, 0.717) is 0 Å². The molecule has 1 amide bonds. The lowest BCUT2D eigenvalue weighted by Crippen LogP contribution is -2.47. The molecule has 0 spiro atoms. The minimum atomic E-state index is -3.58. The van der Waals surface area contributed by atoms with E-state index in [0.717, 1.165) is 0 Å². The first kappa shape index (κ1) is 17.8. The van der Waals surface area contributed by atoms with Gasteiger partial charge in [0.05, 0.1) is 18.9 Å². The Balaban J connectivity index is 4.21. The molecule has 1 atom stereocenters. The molecule has 0 radical (unpaired) electrons. The molecule has 112 valence electrons. The van der Waals surface area contributed by atoms with Crippen molar-refractivity contribution >= 4 is 21.9 Å². The molecule has 0 aromatic heterocycles. The third-order valence-electron chi connectivity index (χ3n) is 2.20. The van der Waals surface area contributed by atoms with Crippen LogP contribution < -0.4 is 10.0 Å². The van der Waals surface area contributed by atoms with Crippen LogP contribution in [0.25, 0.3) is 0 Å². The lowest BCUT2D eigenvalue weighted by molar-refractivity contribution is -0.140. The van der Waals surface area contributed by atoms with Crippen molar-refractivity contribution in [1.29, 1.82) is 0 Å². The van der Waals surface area contributed by atoms with Crippen LogP contribution in [0.1, 0.15) is 33.6 Å². The number of methoxy groups -OCH3 is 1. The molecular formula is C11H22N2O5S. The summed E-state index contributed by atoms with van der Waals surface area (Å²) in [5.41, 5.74) is 0. The highest BCUT2D eigenvalue weighted by Gasteiger charge is 2.20. The van der Waals surface area contributed by atoms with Crippen LogP contribution in [0.3, 0.4) is 0 Å². The summed E-state index contributed by atoms with van der Waals surface area (Å²) in [4.78, 5) is 22.4. The Bertz CT molecular complexity index is 405. The predicted molar refractivity (Wildman–Crippen MR) is 70.9 cm³/mol. The van der Waals surface area contributed by atoms with Gasteiger partial charge in [0.25, 0.3) is 0 Å². The number of nitrogens with one attached hydrogen (secondary N) is 2. The average molecular weight is 294 g/mol. The van der Waals surface area contributed by atoms with Crippen molar-refractivity contribution in [2.75, 3.05) is 12.9 Å². The van der Waals surface area contributed by atoms with Gasteiger partial charge in [0.15, 0.2) is 0 Å². The molecule has 0 aromatic rings. The molecular weight excluding hydrogens is 272 g/mol. The Kier molecular flexibility index (Phi) is 7.62. The van der Waals surface area contributed by atoms with E-state index in [4.69, 9.17) is 0 Å². The highest BCUT2D eigenvalue weighted by atomic mass is 32.2. The lowest BCUT2D eigenvalue weighted by Gasteiger charge is -2.16. The minimum absolute atomic E-state index is 0.0317. The van der Waals surface area contributed by atoms with Gasteiger partial charge in [-0.05, 0) is 27.2 Å². The van der Waals surface area contributed by atoms with Crippen molar-refractivity contribution in [1.82, 2.24) is 10.0 Å². The van der Waals surface area contributed by atoms with Crippen LogP contribution in [0, 0.1) is 0 Å². The number of esters is 1. The molecule has 0 aromatic carbocycles. The van der Waals surface area contributed by atoms with E-state index >= 15 is 0 Å². The smallest absolute Gasteiger partial charge is 0.305 e. The van der Waals surface area contributed by atoms with Gasteiger partial charge in [-0.15, -0.1) is 0 Å². The SMILES string of the molecule is COC(=O)CCCS(=O)(=O)NC(C)C(=O)NC(C)C. The van der Waals surface area contributed by atoms with Gasteiger partial charge >= 0.3 is 5.97 Å². The quantitative estimate of drug-likeness (QED) is 0.602. The van der Waals surface area contributed by atoms with Crippen molar-refractivity contribution in [2.24, 2.45) is 0 Å². The molecule has 0 aliphatic rings. The molecule has 0 aliphatic heterocycles. The number of hydrogen-bond donors (Lipinski definition) is 2. The molecule has 0 saturated carbocycles. The molecule has 2 N–H and O–H groups in total. The second kappa shape index (κ2) is 8.11. The van der Waals surface area contributed by atoms with E-state index in [-0.39, 0.29) is 30.5 Å². The second-order valence-electron chi connectivity index (χ2n) is 4.50. The number of carbonyl (C=O) groups excluding carboxylic acids is 2. The average Bonchev–Trinajstić information content (AvgIpc) is 2.26. The number of rotatable bonds is 8. The van der Waals surface area contributed by atoms with E-state index in [1.807, 2.05) is 0 Å². The Morgan fingerprint density at radius 2 is 1.79 bits per heavy atom. The highest BCUT2D eigenvalue weighted by molar-refractivity contribution is 7.89. The molecule has 0 bridgehead atoms. The standard InChI is InChI=1S/C11H22N2O5S/c1-8(2)12-11(15)9(3)13-19(16,17)7-5-6-10(14)18-4/h8-9,13H,5-7H2,1-4H3,(H,12,15). The first-order valence-electron chi connectivity index (χ1n) is 6.05. The topological polar surface area (TPSA) is 102 Å².